The Labute approximate surface area is 298 Å². The van der Waals surface area contributed by atoms with Crippen molar-refractivity contribution in [2.75, 3.05) is 16.9 Å². The van der Waals surface area contributed by atoms with Crippen LogP contribution in [-0.2, 0) is 24.6 Å². The molecule has 1 saturated carbocycles. The van der Waals surface area contributed by atoms with Crippen LogP contribution in [-0.4, -0.2) is 53.0 Å². The predicted octanol–water partition coefficient (Wildman–Crippen LogP) is 4.10. The molecule has 4 aromatic carbocycles. The fraction of sp³-hybridized carbons (Fsp3) is 0.231. The third-order valence-electron chi connectivity index (χ3n) is 11.2. The van der Waals surface area contributed by atoms with Gasteiger partial charge in [-0.25, -0.2) is 4.90 Å². The van der Waals surface area contributed by atoms with E-state index in [-0.39, 0.29) is 35.5 Å². The summed E-state index contributed by atoms with van der Waals surface area (Å²) in [7, 11) is -0.377. The van der Waals surface area contributed by atoms with Crippen molar-refractivity contribution in [2.24, 2.45) is 23.7 Å². The van der Waals surface area contributed by atoms with Crippen molar-refractivity contribution in [3.63, 3.8) is 0 Å². The Morgan fingerprint density at radius 3 is 2.22 bits per heavy atom. The molecular formula is C39H32BClN2O8. The number of methoxy groups -OCH3 is 1. The number of allylic oxidation sites excluding steroid dienone is 2. The maximum absolute atomic E-state index is 15.3. The Kier molecular flexibility index (Phi) is 7.90. The highest BCUT2D eigenvalue weighted by Crippen LogP contribution is 2.65. The average Bonchev–Trinajstić information content (AvgIpc) is 3.53. The van der Waals surface area contributed by atoms with Crippen LogP contribution in [0.1, 0.15) is 29.9 Å². The normalized spacial score (nSPS) is 26.8. The summed E-state index contributed by atoms with van der Waals surface area (Å²) in [6.45, 7) is 0. The van der Waals surface area contributed by atoms with Gasteiger partial charge in [0.05, 0.1) is 41.7 Å². The Hall–Kier alpha value is -5.23. The number of aromatic hydroxyl groups is 1. The van der Waals surface area contributed by atoms with Crippen LogP contribution in [0.3, 0.4) is 0 Å². The van der Waals surface area contributed by atoms with E-state index in [1.807, 2.05) is 24.3 Å². The number of imide groups is 2. The van der Waals surface area contributed by atoms with E-state index in [9.17, 15) is 29.5 Å². The van der Waals surface area contributed by atoms with Crippen molar-refractivity contribution in [3.8, 4) is 11.5 Å². The summed E-state index contributed by atoms with van der Waals surface area (Å²) in [6, 6.07) is 26.6. The van der Waals surface area contributed by atoms with E-state index in [0.29, 0.717) is 27.4 Å². The first kappa shape index (κ1) is 32.9. The Bertz CT molecular complexity index is 2160. The average molecular weight is 703 g/mol. The zero-order chi connectivity index (χ0) is 35.8. The Morgan fingerprint density at radius 1 is 0.804 bits per heavy atom. The number of ether oxygens (including phenoxy) is 1. The third kappa shape index (κ3) is 4.72. The molecule has 10 nitrogen and oxygen atoms in total. The number of carbonyl (C=O) groups excluding carboxylic acids is 4. The van der Waals surface area contributed by atoms with Crippen LogP contribution in [0.2, 0.25) is 5.02 Å². The number of phenolic OH excluding ortho intramolecular Hbond substituents is 1. The molecule has 4 aliphatic rings. The summed E-state index contributed by atoms with van der Waals surface area (Å²) < 4.78 is 5.52. The van der Waals surface area contributed by atoms with Gasteiger partial charge in [-0.1, -0.05) is 83.9 Å². The monoisotopic (exact) mass is 702 g/mol. The molecular weight excluding hydrogens is 671 g/mol. The van der Waals surface area contributed by atoms with E-state index in [1.54, 1.807) is 66.7 Å². The van der Waals surface area contributed by atoms with Gasteiger partial charge >= 0.3 is 7.12 Å². The molecule has 51 heavy (non-hydrogen) atoms. The van der Waals surface area contributed by atoms with Gasteiger partial charge in [0.15, 0.2) is 11.5 Å². The molecule has 0 aromatic heterocycles. The number of carbonyl (C=O) groups is 4. The number of hydrogen-bond acceptors (Lipinski definition) is 8. The fourth-order valence-corrected chi connectivity index (χ4v) is 9.29. The van der Waals surface area contributed by atoms with Crippen LogP contribution in [0.25, 0.3) is 0 Å². The van der Waals surface area contributed by atoms with Gasteiger partial charge in [-0.15, -0.1) is 0 Å². The van der Waals surface area contributed by atoms with Crippen LogP contribution in [0, 0.1) is 23.7 Å². The first-order valence-corrected chi connectivity index (χ1v) is 17.1. The highest BCUT2D eigenvalue weighted by Gasteiger charge is 2.70. The number of para-hydroxylation sites is 1. The number of anilines is 2. The lowest BCUT2D eigenvalue weighted by atomic mass is 9.49. The summed E-state index contributed by atoms with van der Waals surface area (Å²) in [5, 5.41) is 31.7. The minimum Gasteiger partial charge on any atom is -0.504 e. The summed E-state index contributed by atoms with van der Waals surface area (Å²) in [6.07, 6.45) is 2.16. The van der Waals surface area contributed by atoms with Gasteiger partial charge in [0, 0.05) is 16.5 Å². The second-order valence-corrected chi connectivity index (χ2v) is 13.9. The summed E-state index contributed by atoms with van der Waals surface area (Å²) in [5.41, 5.74) is 0.674. The molecule has 6 unspecified atom stereocenters. The molecule has 2 heterocycles. The zero-order valence-electron chi connectivity index (χ0n) is 27.3. The number of amides is 4. The van der Waals surface area contributed by atoms with E-state index < -0.39 is 65.8 Å². The smallest absolute Gasteiger partial charge is 0.488 e. The van der Waals surface area contributed by atoms with Crippen molar-refractivity contribution >= 4 is 59.2 Å². The fourth-order valence-electron chi connectivity index (χ4n) is 9.10. The van der Waals surface area contributed by atoms with Crippen LogP contribution < -0.4 is 20.0 Å². The van der Waals surface area contributed by atoms with Gasteiger partial charge in [0.1, 0.15) is 0 Å². The molecule has 12 heteroatoms. The number of fused-ring (bicyclic) bond motifs is 4. The maximum atomic E-state index is 15.3. The van der Waals surface area contributed by atoms with E-state index in [4.69, 9.17) is 16.3 Å². The number of benzene rings is 4. The van der Waals surface area contributed by atoms with Crippen molar-refractivity contribution in [3.05, 3.63) is 125 Å². The molecule has 6 atom stereocenters. The van der Waals surface area contributed by atoms with Crippen molar-refractivity contribution < 1.29 is 39.1 Å². The van der Waals surface area contributed by atoms with E-state index in [1.165, 1.54) is 24.1 Å². The van der Waals surface area contributed by atoms with Crippen LogP contribution in [0.15, 0.2) is 109 Å². The Balaban J connectivity index is 1.35. The quantitative estimate of drug-likeness (QED) is 0.155. The van der Waals surface area contributed by atoms with Gasteiger partial charge < -0.3 is 19.9 Å². The zero-order valence-corrected chi connectivity index (χ0v) is 28.1. The highest BCUT2D eigenvalue weighted by atomic mass is 35.5. The van der Waals surface area contributed by atoms with Crippen molar-refractivity contribution in [2.45, 2.75) is 24.2 Å². The number of hydrogen-bond donors (Lipinski definition) is 3. The molecule has 4 aromatic rings. The van der Waals surface area contributed by atoms with E-state index >= 15 is 4.79 Å². The molecule has 0 radical (unpaired) electrons. The van der Waals surface area contributed by atoms with Crippen LogP contribution in [0.5, 0.6) is 11.5 Å². The summed E-state index contributed by atoms with van der Waals surface area (Å²) in [5.74, 6) is -6.14. The largest absolute Gasteiger partial charge is 0.504 e. The van der Waals surface area contributed by atoms with Gasteiger partial charge in [0.25, 0.3) is 0 Å². The second kappa shape index (κ2) is 12.2. The van der Waals surface area contributed by atoms with Gasteiger partial charge in [-0.2, -0.15) is 0 Å². The van der Waals surface area contributed by atoms with Gasteiger partial charge in [-0.05, 0) is 66.2 Å². The molecule has 8 rings (SSSR count). The lowest BCUT2D eigenvalue weighted by molar-refractivity contribution is -0.127. The molecule has 3 N–H and O–H groups in total. The molecule has 2 aliphatic heterocycles. The lowest BCUT2D eigenvalue weighted by Gasteiger charge is -2.50. The third-order valence-corrected chi connectivity index (χ3v) is 11.4. The van der Waals surface area contributed by atoms with Crippen molar-refractivity contribution in [1.82, 2.24) is 0 Å². The molecule has 0 bridgehead atoms. The second-order valence-electron chi connectivity index (χ2n) is 13.5. The van der Waals surface area contributed by atoms with Crippen LogP contribution >= 0.6 is 11.6 Å². The number of phenols is 1. The SMILES string of the molecule is COc1cccc(C2C3=CCC4C(=O)N(c5cccc(B(O)O)c5)C(=O)C4C3CC3C(=O)N(c4cccc(Cl)c4)C(=O)C32c2ccccc2)c1O. The van der Waals surface area contributed by atoms with Crippen molar-refractivity contribution in [1.29, 1.82) is 0 Å². The van der Waals surface area contributed by atoms with Gasteiger partial charge in [0.2, 0.25) is 23.6 Å². The van der Waals surface area contributed by atoms with Crippen LogP contribution in [0.4, 0.5) is 11.4 Å². The first-order valence-electron chi connectivity index (χ1n) is 16.7. The molecule has 3 fully saturated rings. The Morgan fingerprint density at radius 2 is 1.51 bits per heavy atom. The molecule has 256 valence electrons. The molecule has 2 saturated heterocycles. The molecule has 0 spiro atoms. The number of nitrogens with zero attached hydrogens (tertiary/aromatic N) is 2. The highest BCUT2D eigenvalue weighted by molar-refractivity contribution is 6.58. The van der Waals surface area contributed by atoms with E-state index in [0.717, 1.165) is 4.90 Å². The van der Waals surface area contributed by atoms with Gasteiger partial charge in [-0.3, -0.25) is 24.1 Å². The number of rotatable bonds is 6. The maximum Gasteiger partial charge on any atom is 0.488 e. The standard InChI is InChI=1S/C39H32BClN2O8/c1-51-31-15-7-14-28(34(31)44)33-26-16-17-27-32(37(47)42(35(27)45)24-12-5-10-22(18-24)40(49)50)29(26)20-30-36(46)43(25-13-6-11-23(41)19-25)38(48)39(30,33)21-8-3-2-4-9-21/h2-16,18-19,27,29-30,32-33,44,49-50H,17,20H2,1H3. The number of halogens is 1. The minimum absolute atomic E-state index is 0.0764. The lowest BCUT2D eigenvalue weighted by Crippen LogP contribution is -2.53. The summed E-state index contributed by atoms with van der Waals surface area (Å²) >= 11 is 6.38. The van der Waals surface area contributed by atoms with E-state index in [2.05, 4.69) is 0 Å². The molecule has 4 amide bonds. The topological polar surface area (TPSA) is 145 Å². The molecule has 2 aliphatic carbocycles. The summed E-state index contributed by atoms with van der Waals surface area (Å²) in [4.78, 5) is 61.0. The predicted molar refractivity (Wildman–Crippen MR) is 190 cm³/mol. The first-order chi connectivity index (χ1) is 24.6. The minimum atomic E-state index is -1.80.